The average molecular weight is 798 g/mol. The second-order valence-electron chi connectivity index (χ2n) is 8.99. The first-order chi connectivity index (χ1) is 22.5. The van der Waals surface area contributed by atoms with E-state index in [9.17, 15) is 71.5 Å². The van der Waals surface area contributed by atoms with Crippen molar-refractivity contribution in [2.45, 2.75) is 54.4 Å². The van der Waals surface area contributed by atoms with Gasteiger partial charge < -0.3 is 14.2 Å². The minimum absolute atomic E-state index is 0.0871. The molecule has 0 spiro atoms. The molecule has 0 bridgehead atoms. The number of ether oxygens (including phenoxy) is 6. The second-order valence-corrected chi connectivity index (χ2v) is 8.99. The number of carbonyl (C=O) groups excluding carboxylic acids is 3. The largest absolute Gasteiger partial charge is 0.456 e. The monoisotopic (exact) mass is 798 g/mol. The fraction of sp³-hybridized carbons (Fsp3) is 0.609. The summed E-state index contributed by atoms with van der Waals surface area (Å²) in [5.41, 5.74) is -8.03. The summed E-state index contributed by atoms with van der Waals surface area (Å²) in [5, 5.41) is 0. The predicted molar refractivity (Wildman–Crippen MR) is 120 cm³/mol. The lowest BCUT2D eigenvalue weighted by Crippen LogP contribution is -2.72. The lowest BCUT2D eigenvalue weighted by Gasteiger charge is -2.47. The molecule has 296 valence electrons. The average Bonchev–Trinajstić information content (AvgIpc) is 2.95. The summed E-state index contributed by atoms with van der Waals surface area (Å²) >= 11 is 0. The molecule has 0 aromatic carbocycles. The quantitative estimate of drug-likeness (QED) is 0.0516. The standard InChI is InChI=1S/C23H17F19O9/c1-4-11(43)46-8-15(25,26)21(37,38)49-18(31,32)14(7-24,19(33,34)50-22(39,40)16(27,28)9-47-12(44)5-2)20(35,36)51-23(41,42)17(29,30)10-48-13(45)6-3/h4-6H,1-3,7-10H2. The summed E-state index contributed by atoms with van der Waals surface area (Å²) in [7, 11) is 0. The molecule has 0 aliphatic rings. The fourth-order valence-corrected chi connectivity index (χ4v) is 2.62. The van der Waals surface area contributed by atoms with E-state index in [1.165, 1.54) is 0 Å². The van der Waals surface area contributed by atoms with Crippen LogP contribution in [0, 0.1) is 5.41 Å². The molecule has 0 aromatic rings. The number of hydrogen-bond acceptors (Lipinski definition) is 9. The van der Waals surface area contributed by atoms with Gasteiger partial charge in [-0.05, 0) is 0 Å². The van der Waals surface area contributed by atoms with Crippen molar-refractivity contribution in [1.29, 1.82) is 0 Å². The summed E-state index contributed by atoms with van der Waals surface area (Å²) in [5.74, 6) is -26.1. The van der Waals surface area contributed by atoms with Gasteiger partial charge >= 0.3 is 72.3 Å². The van der Waals surface area contributed by atoms with E-state index in [-0.39, 0.29) is 18.2 Å². The highest BCUT2D eigenvalue weighted by molar-refractivity contribution is 5.81. The lowest BCUT2D eigenvalue weighted by atomic mass is 9.84. The Morgan fingerprint density at radius 1 is 0.412 bits per heavy atom. The van der Waals surface area contributed by atoms with E-state index >= 15 is 26.3 Å². The minimum atomic E-state index is -8.24. The van der Waals surface area contributed by atoms with Crippen LogP contribution < -0.4 is 0 Å². The lowest BCUT2D eigenvalue weighted by molar-refractivity contribution is -0.573. The second kappa shape index (κ2) is 15.4. The molecule has 0 heterocycles. The predicted octanol–water partition coefficient (Wildman–Crippen LogP) is 6.64. The van der Waals surface area contributed by atoms with E-state index < -0.39 is 104 Å². The zero-order valence-electron chi connectivity index (χ0n) is 24.0. The van der Waals surface area contributed by atoms with Crippen molar-refractivity contribution < 1.29 is 126 Å². The van der Waals surface area contributed by atoms with Crippen LogP contribution >= 0.6 is 0 Å². The van der Waals surface area contributed by atoms with Crippen LogP contribution in [0.25, 0.3) is 0 Å². The molecule has 0 atom stereocenters. The SMILES string of the molecule is C=CC(=O)OCC(F)(F)C(F)(F)OC(F)(F)C(CF)(C(F)(F)OC(F)(F)C(F)(F)COC(=O)C=C)C(F)(F)OC(F)(F)C(F)(F)COC(=O)C=C. The molecule has 0 radical (unpaired) electrons. The van der Waals surface area contributed by atoms with Crippen LogP contribution in [0.2, 0.25) is 0 Å². The Kier molecular flexibility index (Phi) is 14.3. The van der Waals surface area contributed by atoms with Crippen LogP contribution in [0.1, 0.15) is 0 Å². The summed E-state index contributed by atoms with van der Waals surface area (Å²) in [6.45, 7) is -6.97. The molecule has 0 saturated carbocycles. The van der Waals surface area contributed by atoms with E-state index in [2.05, 4.69) is 33.9 Å². The van der Waals surface area contributed by atoms with Crippen LogP contribution in [0.15, 0.2) is 38.0 Å². The molecule has 9 nitrogen and oxygen atoms in total. The molecular weight excluding hydrogens is 781 g/mol. The van der Waals surface area contributed by atoms with E-state index in [0.717, 1.165) is 0 Å². The van der Waals surface area contributed by atoms with E-state index in [4.69, 9.17) is 0 Å². The van der Waals surface area contributed by atoms with Crippen molar-refractivity contribution >= 4 is 17.9 Å². The van der Waals surface area contributed by atoms with Crippen LogP contribution in [-0.2, 0) is 42.8 Å². The number of carbonyl (C=O) groups is 3. The Balaban J connectivity index is 7.62. The molecule has 0 saturated heterocycles. The van der Waals surface area contributed by atoms with E-state index in [1.807, 2.05) is 14.2 Å². The maximum atomic E-state index is 15.0. The number of esters is 3. The molecule has 28 heteroatoms. The Bertz CT molecular complexity index is 1150. The maximum Gasteiger partial charge on any atom is 0.427 e. The van der Waals surface area contributed by atoms with Gasteiger partial charge in [0, 0.05) is 18.2 Å². The number of rotatable bonds is 22. The van der Waals surface area contributed by atoms with Crippen molar-refractivity contribution in [1.82, 2.24) is 0 Å². The topological polar surface area (TPSA) is 107 Å². The third kappa shape index (κ3) is 9.95. The zero-order valence-corrected chi connectivity index (χ0v) is 24.0. The first-order valence-corrected chi connectivity index (χ1v) is 12.0. The Labute approximate surface area is 269 Å². The minimum Gasteiger partial charge on any atom is -0.456 e. The van der Waals surface area contributed by atoms with Gasteiger partial charge in [0.05, 0.1) is 0 Å². The molecule has 0 fully saturated rings. The molecule has 0 aromatic heterocycles. The van der Waals surface area contributed by atoms with Gasteiger partial charge in [0.1, 0.15) is 6.67 Å². The van der Waals surface area contributed by atoms with Gasteiger partial charge in [-0.25, -0.2) is 33.0 Å². The van der Waals surface area contributed by atoms with Crippen molar-refractivity contribution in [3.8, 4) is 0 Å². The van der Waals surface area contributed by atoms with Crippen molar-refractivity contribution in [3.63, 3.8) is 0 Å². The number of halogens is 19. The van der Waals surface area contributed by atoms with Gasteiger partial charge in [-0.15, -0.1) is 0 Å². The third-order valence-corrected chi connectivity index (χ3v) is 5.42. The maximum absolute atomic E-state index is 15.0. The molecule has 0 amide bonds. The summed E-state index contributed by atoms with van der Waals surface area (Å²) < 4.78 is 288. The van der Waals surface area contributed by atoms with Crippen LogP contribution in [0.3, 0.4) is 0 Å². The molecule has 51 heavy (non-hydrogen) atoms. The molecule has 0 unspecified atom stereocenters. The molecule has 0 aliphatic carbocycles. The number of alkyl halides is 19. The molecule has 0 rings (SSSR count). The highest BCUT2D eigenvalue weighted by atomic mass is 19.4. The van der Waals surface area contributed by atoms with Gasteiger partial charge in [0.2, 0.25) is 0 Å². The number of hydrogen-bond donors (Lipinski definition) is 0. The Morgan fingerprint density at radius 2 is 0.608 bits per heavy atom. The highest BCUT2D eigenvalue weighted by Crippen LogP contribution is 2.63. The van der Waals surface area contributed by atoms with Crippen molar-refractivity contribution in [2.24, 2.45) is 5.41 Å². The smallest absolute Gasteiger partial charge is 0.427 e. The van der Waals surface area contributed by atoms with E-state index in [0.29, 0.717) is 0 Å². The Morgan fingerprint density at radius 3 is 0.765 bits per heavy atom. The fourth-order valence-electron chi connectivity index (χ4n) is 2.62. The molecule has 0 N–H and O–H groups in total. The van der Waals surface area contributed by atoms with Gasteiger partial charge in [0.25, 0.3) is 5.41 Å². The Hall–Kier alpha value is -3.82. The normalized spacial score (nSPS) is 14.4. The van der Waals surface area contributed by atoms with Gasteiger partial charge in [-0.2, -0.15) is 79.0 Å². The summed E-state index contributed by atoms with van der Waals surface area (Å²) in [4.78, 5) is 32.6. The molecule has 0 aliphatic heterocycles. The van der Waals surface area contributed by atoms with E-state index in [1.54, 1.807) is 0 Å². The van der Waals surface area contributed by atoms with Gasteiger partial charge in [-0.1, -0.05) is 19.7 Å². The van der Waals surface area contributed by atoms with Crippen molar-refractivity contribution in [3.05, 3.63) is 38.0 Å². The van der Waals surface area contributed by atoms with Crippen LogP contribution in [0.5, 0.6) is 0 Å². The van der Waals surface area contributed by atoms with Gasteiger partial charge in [-0.3, -0.25) is 0 Å². The summed E-state index contributed by atoms with van der Waals surface area (Å²) in [6, 6.07) is 0. The van der Waals surface area contributed by atoms with Crippen LogP contribution in [-0.4, -0.2) is 98.8 Å². The molecular formula is C23H17F19O9. The zero-order chi connectivity index (χ0) is 40.9. The first kappa shape index (κ1) is 47.2. The summed E-state index contributed by atoms with van der Waals surface area (Å²) in [6.07, 6.45) is -47.3. The van der Waals surface area contributed by atoms with Crippen LogP contribution in [0.4, 0.5) is 83.4 Å². The van der Waals surface area contributed by atoms with Gasteiger partial charge in [0.15, 0.2) is 19.8 Å². The first-order valence-electron chi connectivity index (χ1n) is 12.0. The third-order valence-electron chi connectivity index (χ3n) is 5.42. The van der Waals surface area contributed by atoms with Crippen molar-refractivity contribution in [2.75, 3.05) is 26.5 Å². The highest BCUT2D eigenvalue weighted by Gasteiger charge is 2.89.